The summed E-state index contributed by atoms with van der Waals surface area (Å²) in [7, 11) is 0. The minimum Gasteiger partial charge on any atom is -0.396 e. The molecule has 2 N–H and O–H groups in total. The van der Waals surface area contributed by atoms with E-state index in [0.29, 0.717) is 0 Å². The SMILES string of the molecule is Cc1c(N)cnn1CC1CCCC1. The molecule has 0 unspecified atom stereocenters. The molecule has 13 heavy (non-hydrogen) atoms. The molecule has 1 aromatic heterocycles. The molecule has 0 amide bonds. The Morgan fingerprint density at radius 1 is 1.54 bits per heavy atom. The average molecular weight is 179 g/mol. The first-order valence-corrected chi connectivity index (χ1v) is 5.05. The Balaban J connectivity index is 2.04. The van der Waals surface area contributed by atoms with Crippen molar-refractivity contribution in [3.63, 3.8) is 0 Å². The van der Waals surface area contributed by atoms with E-state index in [9.17, 15) is 0 Å². The van der Waals surface area contributed by atoms with E-state index in [0.717, 1.165) is 23.8 Å². The fourth-order valence-corrected chi connectivity index (χ4v) is 2.08. The summed E-state index contributed by atoms with van der Waals surface area (Å²) in [6, 6.07) is 0. The van der Waals surface area contributed by atoms with Gasteiger partial charge in [0.2, 0.25) is 0 Å². The second kappa shape index (κ2) is 3.40. The number of rotatable bonds is 2. The molecule has 0 spiro atoms. The molecule has 1 aromatic rings. The Labute approximate surface area is 78.9 Å². The Morgan fingerprint density at radius 2 is 2.23 bits per heavy atom. The number of aromatic nitrogens is 2. The van der Waals surface area contributed by atoms with Gasteiger partial charge in [0.25, 0.3) is 0 Å². The molecule has 0 aromatic carbocycles. The Morgan fingerprint density at radius 3 is 2.77 bits per heavy atom. The van der Waals surface area contributed by atoms with Gasteiger partial charge in [0, 0.05) is 6.54 Å². The third-order valence-corrected chi connectivity index (χ3v) is 3.05. The number of nitrogens with two attached hydrogens (primary N) is 1. The van der Waals surface area contributed by atoms with Crippen LogP contribution < -0.4 is 5.73 Å². The van der Waals surface area contributed by atoms with E-state index >= 15 is 0 Å². The summed E-state index contributed by atoms with van der Waals surface area (Å²) >= 11 is 0. The quantitative estimate of drug-likeness (QED) is 0.754. The van der Waals surface area contributed by atoms with Crippen molar-refractivity contribution in [1.29, 1.82) is 0 Å². The molecule has 1 saturated carbocycles. The average Bonchev–Trinajstić information content (AvgIpc) is 2.71. The summed E-state index contributed by atoms with van der Waals surface area (Å²) in [5, 5.41) is 4.27. The summed E-state index contributed by atoms with van der Waals surface area (Å²) < 4.78 is 2.05. The topological polar surface area (TPSA) is 43.8 Å². The van der Waals surface area contributed by atoms with E-state index in [2.05, 4.69) is 5.10 Å². The Kier molecular flexibility index (Phi) is 2.25. The third kappa shape index (κ3) is 1.69. The molecule has 1 heterocycles. The fourth-order valence-electron chi connectivity index (χ4n) is 2.08. The van der Waals surface area contributed by atoms with Gasteiger partial charge in [-0.3, -0.25) is 4.68 Å². The zero-order chi connectivity index (χ0) is 9.26. The van der Waals surface area contributed by atoms with Gasteiger partial charge in [0.1, 0.15) is 0 Å². The van der Waals surface area contributed by atoms with Crippen molar-refractivity contribution in [2.75, 3.05) is 5.73 Å². The van der Waals surface area contributed by atoms with Crippen LogP contribution in [0.3, 0.4) is 0 Å². The van der Waals surface area contributed by atoms with Crippen LogP contribution in [0.4, 0.5) is 5.69 Å². The summed E-state index contributed by atoms with van der Waals surface area (Å²) in [6.07, 6.45) is 7.25. The molecular formula is C10H17N3. The van der Waals surface area contributed by atoms with Gasteiger partial charge in [0.05, 0.1) is 17.6 Å². The molecule has 72 valence electrons. The number of hydrogen-bond donors (Lipinski definition) is 1. The van der Waals surface area contributed by atoms with Gasteiger partial charge in [-0.2, -0.15) is 5.10 Å². The highest BCUT2D eigenvalue weighted by molar-refractivity contribution is 5.39. The molecule has 0 radical (unpaired) electrons. The highest BCUT2D eigenvalue weighted by Crippen LogP contribution is 2.26. The van der Waals surface area contributed by atoms with Crippen LogP contribution in [0.15, 0.2) is 6.20 Å². The molecule has 1 aliphatic carbocycles. The summed E-state index contributed by atoms with van der Waals surface area (Å²) in [5.41, 5.74) is 7.67. The number of nitrogen functional groups attached to an aromatic ring is 1. The Hall–Kier alpha value is -0.990. The molecule has 1 aliphatic rings. The van der Waals surface area contributed by atoms with Crippen LogP contribution in [0.1, 0.15) is 31.4 Å². The van der Waals surface area contributed by atoms with Crippen molar-refractivity contribution in [2.24, 2.45) is 5.92 Å². The van der Waals surface area contributed by atoms with Crippen LogP contribution >= 0.6 is 0 Å². The summed E-state index contributed by atoms with van der Waals surface area (Å²) in [6.45, 7) is 3.10. The van der Waals surface area contributed by atoms with Crippen molar-refractivity contribution in [3.05, 3.63) is 11.9 Å². The van der Waals surface area contributed by atoms with Gasteiger partial charge in [-0.1, -0.05) is 12.8 Å². The third-order valence-electron chi connectivity index (χ3n) is 3.05. The van der Waals surface area contributed by atoms with Gasteiger partial charge in [-0.25, -0.2) is 0 Å². The lowest BCUT2D eigenvalue weighted by Gasteiger charge is -2.10. The standard InChI is InChI=1S/C10H17N3/c1-8-10(11)6-12-13(8)7-9-4-2-3-5-9/h6,9H,2-5,7,11H2,1H3. The molecule has 3 heteroatoms. The normalized spacial score (nSPS) is 18.2. The largest absolute Gasteiger partial charge is 0.396 e. The maximum Gasteiger partial charge on any atom is 0.0730 e. The van der Waals surface area contributed by atoms with Crippen molar-refractivity contribution in [2.45, 2.75) is 39.2 Å². The molecule has 3 nitrogen and oxygen atoms in total. The highest BCUT2D eigenvalue weighted by Gasteiger charge is 2.16. The lowest BCUT2D eigenvalue weighted by Crippen LogP contribution is -2.10. The van der Waals surface area contributed by atoms with E-state index in [-0.39, 0.29) is 0 Å². The van der Waals surface area contributed by atoms with Crippen molar-refractivity contribution in [3.8, 4) is 0 Å². The van der Waals surface area contributed by atoms with Crippen molar-refractivity contribution < 1.29 is 0 Å². The van der Waals surface area contributed by atoms with E-state index < -0.39 is 0 Å². The lowest BCUT2D eigenvalue weighted by atomic mass is 10.1. The highest BCUT2D eigenvalue weighted by atomic mass is 15.3. The predicted molar refractivity (Wildman–Crippen MR) is 53.3 cm³/mol. The van der Waals surface area contributed by atoms with Crippen molar-refractivity contribution in [1.82, 2.24) is 9.78 Å². The number of hydrogen-bond acceptors (Lipinski definition) is 2. The fraction of sp³-hybridized carbons (Fsp3) is 0.700. The van der Waals surface area contributed by atoms with Crippen LogP contribution in [0.5, 0.6) is 0 Å². The number of nitrogens with zero attached hydrogens (tertiary/aromatic N) is 2. The maximum absolute atomic E-state index is 5.73. The maximum atomic E-state index is 5.73. The molecule has 0 aliphatic heterocycles. The van der Waals surface area contributed by atoms with Crippen LogP contribution in [-0.4, -0.2) is 9.78 Å². The van der Waals surface area contributed by atoms with Gasteiger partial charge >= 0.3 is 0 Å². The minimum absolute atomic E-state index is 0.818. The van der Waals surface area contributed by atoms with Gasteiger partial charge in [-0.15, -0.1) is 0 Å². The molecular weight excluding hydrogens is 162 g/mol. The van der Waals surface area contributed by atoms with E-state index in [4.69, 9.17) is 5.73 Å². The first-order valence-electron chi connectivity index (χ1n) is 5.05. The van der Waals surface area contributed by atoms with Gasteiger partial charge in [0.15, 0.2) is 0 Å². The molecule has 0 bridgehead atoms. The Bertz CT molecular complexity index is 284. The van der Waals surface area contributed by atoms with E-state index in [1.165, 1.54) is 25.7 Å². The summed E-state index contributed by atoms with van der Waals surface area (Å²) in [4.78, 5) is 0. The van der Waals surface area contributed by atoms with Crippen LogP contribution in [0.2, 0.25) is 0 Å². The predicted octanol–water partition coefficient (Wildman–Crippen LogP) is 1.96. The first kappa shape index (κ1) is 8.60. The van der Waals surface area contributed by atoms with Gasteiger partial charge < -0.3 is 5.73 Å². The van der Waals surface area contributed by atoms with Crippen molar-refractivity contribution >= 4 is 5.69 Å². The first-order chi connectivity index (χ1) is 6.27. The zero-order valence-electron chi connectivity index (χ0n) is 8.16. The lowest BCUT2D eigenvalue weighted by molar-refractivity contribution is 0.423. The molecule has 2 rings (SSSR count). The second-order valence-corrected chi connectivity index (χ2v) is 4.02. The molecule has 0 atom stereocenters. The number of anilines is 1. The zero-order valence-corrected chi connectivity index (χ0v) is 8.16. The van der Waals surface area contributed by atoms with Crippen LogP contribution in [0.25, 0.3) is 0 Å². The minimum atomic E-state index is 0.818. The second-order valence-electron chi connectivity index (χ2n) is 4.02. The van der Waals surface area contributed by atoms with Crippen LogP contribution in [-0.2, 0) is 6.54 Å². The molecule has 0 saturated heterocycles. The molecule has 1 fully saturated rings. The van der Waals surface area contributed by atoms with Gasteiger partial charge in [-0.05, 0) is 25.7 Å². The monoisotopic (exact) mass is 179 g/mol. The van der Waals surface area contributed by atoms with Crippen LogP contribution in [0, 0.1) is 12.8 Å². The smallest absolute Gasteiger partial charge is 0.0730 e. The van der Waals surface area contributed by atoms with E-state index in [1.807, 2.05) is 11.6 Å². The van der Waals surface area contributed by atoms with E-state index in [1.54, 1.807) is 6.20 Å². The summed E-state index contributed by atoms with van der Waals surface area (Å²) in [5.74, 6) is 0.831.